The highest BCUT2D eigenvalue weighted by Gasteiger charge is 2.17. The van der Waals surface area contributed by atoms with Crippen molar-refractivity contribution in [1.82, 2.24) is 15.2 Å². The summed E-state index contributed by atoms with van der Waals surface area (Å²) >= 11 is 4.79. The third-order valence-electron chi connectivity index (χ3n) is 3.50. The molecule has 2 N–H and O–H groups in total. The van der Waals surface area contributed by atoms with Crippen LogP contribution in [0.5, 0.6) is 0 Å². The van der Waals surface area contributed by atoms with Gasteiger partial charge < -0.3 is 15.5 Å². The lowest BCUT2D eigenvalue weighted by Crippen LogP contribution is -2.35. The number of carbonyl (C=O) groups is 2. The van der Waals surface area contributed by atoms with Gasteiger partial charge in [0.25, 0.3) is 5.91 Å². The lowest BCUT2D eigenvalue weighted by Gasteiger charge is -2.21. The van der Waals surface area contributed by atoms with Crippen molar-refractivity contribution in [2.24, 2.45) is 0 Å². The number of nitrogens with zero attached hydrogens (tertiary/aromatic N) is 2. The number of thiazole rings is 1. The number of hydrogen-bond acceptors (Lipinski definition) is 4. The highest BCUT2D eigenvalue weighted by atomic mass is 79.9. The topological polar surface area (TPSA) is 74.3 Å². The standard InChI is InChI=1S/C18H23BrN4O2S/c1-3-8-20-17(24)15-12-26-16(22-15)11-23(9-4-2)18(25)21-14-7-5-6-13(19)10-14/h5-7,10,12H,3-4,8-9,11H2,1-2H3,(H,20,24)(H,21,25). The van der Waals surface area contributed by atoms with Gasteiger partial charge in [-0.1, -0.05) is 35.8 Å². The minimum Gasteiger partial charge on any atom is -0.351 e. The minimum absolute atomic E-state index is 0.171. The van der Waals surface area contributed by atoms with Crippen molar-refractivity contribution in [3.8, 4) is 0 Å². The van der Waals surface area contributed by atoms with Crippen LogP contribution in [0.25, 0.3) is 0 Å². The van der Waals surface area contributed by atoms with Crippen molar-refractivity contribution in [3.05, 3.63) is 44.8 Å². The Morgan fingerprint density at radius 2 is 2.08 bits per heavy atom. The van der Waals surface area contributed by atoms with Gasteiger partial charge in [-0.15, -0.1) is 11.3 Å². The summed E-state index contributed by atoms with van der Waals surface area (Å²) < 4.78 is 0.903. The third kappa shape index (κ3) is 6.10. The zero-order valence-electron chi connectivity index (χ0n) is 14.9. The zero-order valence-corrected chi connectivity index (χ0v) is 17.3. The van der Waals surface area contributed by atoms with E-state index in [-0.39, 0.29) is 11.9 Å². The first-order valence-corrected chi connectivity index (χ1v) is 10.2. The van der Waals surface area contributed by atoms with E-state index in [9.17, 15) is 9.59 Å². The number of amides is 3. The lowest BCUT2D eigenvalue weighted by atomic mass is 10.3. The highest BCUT2D eigenvalue weighted by Crippen LogP contribution is 2.18. The number of aromatic nitrogens is 1. The summed E-state index contributed by atoms with van der Waals surface area (Å²) in [6.45, 7) is 5.63. The largest absolute Gasteiger partial charge is 0.351 e. The normalized spacial score (nSPS) is 10.4. The van der Waals surface area contributed by atoms with Gasteiger partial charge in [0, 0.05) is 28.6 Å². The molecule has 8 heteroatoms. The molecule has 0 atom stereocenters. The van der Waals surface area contributed by atoms with Crippen molar-refractivity contribution in [3.63, 3.8) is 0 Å². The fourth-order valence-corrected chi connectivity index (χ4v) is 3.46. The molecule has 0 aliphatic rings. The van der Waals surface area contributed by atoms with Gasteiger partial charge in [-0.05, 0) is 31.0 Å². The second-order valence-electron chi connectivity index (χ2n) is 5.74. The Balaban J connectivity index is 2.02. The second-order valence-corrected chi connectivity index (χ2v) is 7.60. The molecule has 0 saturated carbocycles. The zero-order chi connectivity index (χ0) is 18.9. The molecule has 140 valence electrons. The molecule has 6 nitrogen and oxygen atoms in total. The van der Waals surface area contributed by atoms with E-state index in [1.165, 1.54) is 11.3 Å². The quantitative estimate of drug-likeness (QED) is 0.637. The molecule has 3 amide bonds. The number of hydrogen-bond donors (Lipinski definition) is 2. The van der Waals surface area contributed by atoms with E-state index < -0.39 is 0 Å². The molecule has 2 rings (SSSR count). The van der Waals surface area contributed by atoms with E-state index in [0.717, 1.165) is 28.0 Å². The molecule has 0 saturated heterocycles. The maximum atomic E-state index is 12.6. The number of anilines is 1. The van der Waals surface area contributed by atoms with Crippen molar-refractivity contribution >= 4 is 44.9 Å². The average Bonchev–Trinajstić information content (AvgIpc) is 3.08. The Hall–Kier alpha value is -1.93. The Morgan fingerprint density at radius 3 is 2.77 bits per heavy atom. The van der Waals surface area contributed by atoms with Crippen LogP contribution in [0.2, 0.25) is 0 Å². The first-order chi connectivity index (χ1) is 12.5. The van der Waals surface area contributed by atoms with Crippen molar-refractivity contribution in [2.75, 3.05) is 18.4 Å². The predicted octanol–water partition coefficient (Wildman–Crippen LogP) is 4.49. The number of urea groups is 1. The van der Waals surface area contributed by atoms with Crippen LogP contribution in [0.3, 0.4) is 0 Å². The van der Waals surface area contributed by atoms with E-state index in [1.54, 1.807) is 10.3 Å². The number of carbonyl (C=O) groups excluding carboxylic acids is 2. The summed E-state index contributed by atoms with van der Waals surface area (Å²) in [6, 6.07) is 7.28. The Kier molecular flexibility index (Phi) is 8.06. The number of rotatable bonds is 8. The van der Waals surface area contributed by atoms with Gasteiger partial charge in [0.2, 0.25) is 0 Å². The van der Waals surface area contributed by atoms with Crippen molar-refractivity contribution < 1.29 is 9.59 Å². The first kappa shape index (κ1) is 20.4. The molecule has 1 aromatic carbocycles. The van der Waals surface area contributed by atoms with Gasteiger partial charge in [-0.25, -0.2) is 9.78 Å². The summed E-state index contributed by atoms with van der Waals surface area (Å²) in [4.78, 5) is 30.6. The van der Waals surface area contributed by atoms with Gasteiger partial charge in [0.1, 0.15) is 10.7 Å². The van der Waals surface area contributed by atoms with Crippen molar-refractivity contribution in [1.29, 1.82) is 0 Å². The van der Waals surface area contributed by atoms with Crippen LogP contribution in [0.1, 0.15) is 42.2 Å². The van der Waals surface area contributed by atoms with E-state index in [4.69, 9.17) is 0 Å². The van der Waals surface area contributed by atoms with Crippen LogP contribution in [-0.4, -0.2) is 34.9 Å². The molecule has 0 aliphatic carbocycles. The lowest BCUT2D eigenvalue weighted by molar-refractivity contribution is 0.0949. The van der Waals surface area contributed by atoms with Crippen LogP contribution in [0.15, 0.2) is 34.1 Å². The monoisotopic (exact) mass is 438 g/mol. The summed E-state index contributed by atoms with van der Waals surface area (Å²) in [6.07, 6.45) is 1.71. The molecular weight excluding hydrogens is 416 g/mol. The molecule has 0 radical (unpaired) electrons. The van der Waals surface area contributed by atoms with Gasteiger partial charge in [-0.3, -0.25) is 4.79 Å². The van der Waals surface area contributed by atoms with E-state index >= 15 is 0 Å². The highest BCUT2D eigenvalue weighted by molar-refractivity contribution is 9.10. The molecule has 2 aromatic rings. The summed E-state index contributed by atoms with van der Waals surface area (Å²) in [5.74, 6) is -0.171. The maximum Gasteiger partial charge on any atom is 0.322 e. The number of halogens is 1. The molecule has 1 heterocycles. The summed E-state index contributed by atoms with van der Waals surface area (Å²) in [5, 5.41) is 8.18. The molecule has 0 aliphatic heterocycles. The predicted molar refractivity (Wildman–Crippen MR) is 109 cm³/mol. The molecule has 0 fully saturated rings. The minimum atomic E-state index is -0.183. The smallest absolute Gasteiger partial charge is 0.322 e. The molecule has 0 unspecified atom stereocenters. The van der Waals surface area contributed by atoms with Crippen LogP contribution in [-0.2, 0) is 6.54 Å². The molecular formula is C18H23BrN4O2S. The maximum absolute atomic E-state index is 12.6. The number of nitrogens with one attached hydrogen (secondary N) is 2. The van der Waals surface area contributed by atoms with Crippen molar-refractivity contribution in [2.45, 2.75) is 33.2 Å². The van der Waals surface area contributed by atoms with Crippen LogP contribution < -0.4 is 10.6 Å². The van der Waals surface area contributed by atoms with Gasteiger partial charge in [0.15, 0.2) is 0 Å². The summed E-state index contributed by atoms with van der Waals surface area (Å²) in [5.41, 5.74) is 1.13. The number of benzene rings is 1. The van der Waals surface area contributed by atoms with Crippen LogP contribution >= 0.6 is 27.3 Å². The Bertz CT molecular complexity index is 750. The average molecular weight is 439 g/mol. The van der Waals surface area contributed by atoms with Gasteiger partial charge in [-0.2, -0.15) is 0 Å². The van der Waals surface area contributed by atoms with Crippen LogP contribution in [0.4, 0.5) is 10.5 Å². The fourth-order valence-electron chi connectivity index (χ4n) is 2.27. The Labute approximate surface area is 166 Å². The molecule has 0 spiro atoms. The molecule has 26 heavy (non-hydrogen) atoms. The Morgan fingerprint density at radius 1 is 1.27 bits per heavy atom. The third-order valence-corrected chi connectivity index (χ3v) is 4.83. The van der Waals surface area contributed by atoms with E-state index in [1.807, 2.05) is 38.1 Å². The summed E-state index contributed by atoms with van der Waals surface area (Å²) in [7, 11) is 0. The van der Waals surface area contributed by atoms with E-state index in [2.05, 4.69) is 31.5 Å². The van der Waals surface area contributed by atoms with Gasteiger partial charge in [0.05, 0.1) is 6.54 Å². The fraction of sp³-hybridized carbons (Fsp3) is 0.389. The van der Waals surface area contributed by atoms with Gasteiger partial charge >= 0.3 is 6.03 Å². The van der Waals surface area contributed by atoms with E-state index in [0.29, 0.717) is 25.3 Å². The first-order valence-electron chi connectivity index (χ1n) is 8.57. The SMILES string of the molecule is CCCNC(=O)c1csc(CN(CCC)C(=O)Nc2cccc(Br)c2)n1. The van der Waals surface area contributed by atoms with Crippen LogP contribution in [0, 0.1) is 0 Å². The second kappa shape index (κ2) is 10.3. The molecule has 0 bridgehead atoms. The molecule has 1 aromatic heterocycles.